The molecule has 0 aromatic heterocycles. The molecule has 0 bridgehead atoms. The van der Waals surface area contributed by atoms with Crippen LogP contribution in [0, 0.1) is 28.6 Å². The van der Waals surface area contributed by atoms with Gasteiger partial charge in [-0.3, -0.25) is 9.59 Å². The number of Topliss-reactive ketones (excluding diaryl/α,β-unsaturated/α-hetero) is 1. The van der Waals surface area contributed by atoms with Crippen molar-refractivity contribution in [2.24, 2.45) is 28.6 Å². The van der Waals surface area contributed by atoms with Crippen molar-refractivity contribution < 1.29 is 14.3 Å². The highest BCUT2D eigenvalue weighted by Gasteiger charge is 2.58. The third-order valence-corrected chi connectivity index (χ3v) is 8.10. The van der Waals surface area contributed by atoms with Crippen molar-refractivity contribution in [3.8, 4) is 0 Å². The molecule has 0 aromatic rings. The van der Waals surface area contributed by atoms with E-state index in [1.807, 2.05) is 0 Å². The molecule has 0 N–H and O–H groups in total. The average Bonchev–Trinajstić information content (AvgIpc) is 2.83. The largest absolute Gasteiger partial charge is 0.462 e. The third-order valence-electron chi connectivity index (χ3n) is 8.10. The molecule has 4 unspecified atom stereocenters. The molecule has 4 rings (SSSR count). The van der Waals surface area contributed by atoms with Gasteiger partial charge >= 0.3 is 5.97 Å². The molecular formula is C21H30O3. The molecule has 4 aliphatic rings. The molecule has 0 heterocycles. The van der Waals surface area contributed by atoms with Crippen molar-refractivity contribution in [1.82, 2.24) is 0 Å². The van der Waals surface area contributed by atoms with Gasteiger partial charge in [0.25, 0.3) is 0 Å². The molecule has 0 amide bonds. The van der Waals surface area contributed by atoms with E-state index in [-0.39, 0.29) is 22.9 Å². The molecule has 0 aliphatic heterocycles. The van der Waals surface area contributed by atoms with Gasteiger partial charge in [-0.25, -0.2) is 0 Å². The maximum atomic E-state index is 12.4. The Morgan fingerprint density at radius 1 is 1.12 bits per heavy atom. The van der Waals surface area contributed by atoms with E-state index >= 15 is 0 Å². The van der Waals surface area contributed by atoms with Gasteiger partial charge in [-0.2, -0.15) is 0 Å². The van der Waals surface area contributed by atoms with Crippen LogP contribution in [0.3, 0.4) is 0 Å². The Morgan fingerprint density at radius 3 is 2.58 bits per heavy atom. The molecular weight excluding hydrogens is 300 g/mol. The monoisotopic (exact) mass is 330 g/mol. The Labute approximate surface area is 145 Å². The lowest BCUT2D eigenvalue weighted by atomic mass is 9.48. The van der Waals surface area contributed by atoms with Crippen LogP contribution in [0.2, 0.25) is 0 Å². The van der Waals surface area contributed by atoms with Gasteiger partial charge in [-0.05, 0) is 61.7 Å². The highest BCUT2D eigenvalue weighted by atomic mass is 16.5. The average molecular weight is 330 g/mol. The van der Waals surface area contributed by atoms with Crippen LogP contribution in [0.5, 0.6) is 0 Å². The van der Waals surface area contributed by atoms with Crippen LogP contribution in [-0.4, -0.2) is 17.9 Å². The molecule has 24 heavy (non-hydrogen) atoms. The first-order valence-electron chi connectivity index (χ1n) is 9.74. The standard InChI is InChI=1S/C21H30O3/c1-13(22)24-15-8-10-20(2)14(12-15)4-5-16-17-6-7-19(23)21(17,3)11-9-18(16)20/h4,15-18H,5-12H2,1-3H3/t15-,16?,17?,18?,20-,21?/m0/s1. The quantitative estimate of drug-likeness (QED) is 0.527. The van der Waals surface area contributed by atoms with Gasteiger partial charge in [0.2, 0.25) is 0 Å². The first-order chi connectivity index (χ1) is 11.3. The van der Waals surface area contributed by atoms with E-state index in [0.29, 0.717) is 23.5 Å². The second-order valence-electron chi connectivity index (χ2n) is 9.15. The van der Waals surface area contributed by atoms with Gasteiger partial charge in [0.1, 0.15) is 11.9 Å². The molecule has 3 saturated carbocycles. The van der Waals surface area contributed by atoms with Crippen LogP contribution in [0.1, 0.15) is 72.1 Å². The highest BCUT2D eigenvalue weighted by molar-refractivity contribution is 5.87. The van der Waals surface area contributed by atoms with E-state index in [1.165, 1.54) is 18.9 Å². The lowest BCUT2D eigenvalue weighted by Crippen LogP contribution is -2.50. The Bertz CT molecular complexity index is 606. The summed E-state index contributed by atoms with van der Waals surface area (Å²) >= 11 is 0. The summed E-state index contributed by atoms with van der Waals surface area (Å²) in [4.78, 5) is 23.7. The smallest absolute Gasteiger partial charge is 0.302 e. The number of rotatable bonds is 1. The number of allylic oxidation sites excluding steroid dienone is 1. The molecule has 3 fully saturated rings. The topological polar surface area (TPSA) is 43.4 Å². The van der Waals surface area contributed by atoms with Crippen molar-refractivity contribution in [2.45, 2.75) is 78.2 Å². The predicted octanol–water partition coefficient (Wildman–Crippen LogP) is 4.45. The zero-order valence-electron chi connectivity index (χ0n) is 15.3. The Balaban J connectivity index is 1.60. The maximum Gasteiger partial charge on any atom is 0.302 e. The van der Waals surface area contributed by atoms with Gasteiger partial charge < -0.3 is 4.74 Å². The number of carbonyl (C=O) groups excluding carboxylic acids is 2. The molecule has 4 aliphatic carbocycles. The SMILES string of the molecule is CC(=O)O[C@H]1CC[C@@]2(C)C(=CCC3C4CCC(=O)C4(C)CCC32)C1. The number of esters is 1. The van der Waals surface area contributed by atoms with E-state index in [1.54, 1.807) is 0 Å². The maximum absolute atomic E-state index is 12.4. The lowest BCUT2D eigenvalue weighted by molar-refractivity contribution is -0.148. The van der Waals surface area contributed by atoms with Crippen molar-refractivity contribution in [3.05, 3.63) is 11.6 Å². The van der Waals surface area contributed by atoms with Crippen LogP contribution in [0.15, 0.2) is 11.6 Å². The summed E-state index contributed by atoms with van der Waals surface area (Å²) in [6.45, 7) is 6.19. The van der Waals surface area contributed by atoms with E-state index in [9.17, 15) is 9.59 Å². The van der Waals surface area contributed by atoms with E-state index < -0.39 is 0 Å². The minimum atomic E-state index is -0.157. The first kappa shape index (κ1) is 16.4. The number of fused-ring (bicyclic) bond motifs is 5. The summed E-state index contributed by atoms with van der Waals surface area (Å²) in [7, 11) is 0. The van der Waals surface area contributed by atoms with Crippen molar-refractivity contribution >= 4 is 11.8 Å². The van der Waals surface area contributed by atoms with E-state index in [2.05, 4.69) is 19.9 Å². The molecule has 3 nitrogen and oxygen atoms in total. The van der Waals surface area contributed by atoms with Gasteiger partial charge in [0.15, 0.2) is 0 Å². The zero-order chi connectivity index (χ0) is 17.1. The van der Waals surface area contributed by atoms with Gasteiger partial charge in [-0.15, -0.1) is 0 Å². The second kappa shape index (κ2) is 5.44. The van der Waals surface area contributed by atoms with Crippen molar-refractivity contribution in [3.63, 3.8) is 0 Å². The number of hydrogen-bond donors (Lipinski definition) is 0. The third kappa shape index (κ3) is 2.23. The Hall–Kier alpha value is -1.12. The Kier molecular flexibility index (Phi) is 3.71. The normalized spacial score (nSPS) is 47.3. The molecule has 0 radical (unpaired) electrons. The number of ether oxygens (including phenoxy) is 1. The molecule has 6 atom stereocenters. The fourth-order valence-corrected chi connectivity index (χ4v) is 6.73. The number of hydrogen-bond acceptors (Lipinski definition) is 3. The van der Waals surface area contributed by atoms with Gasteiger partial charge in [-0.1, -0.05) is 25.5 Å². The first-order valence-corrected chi connectivity index (χ1v) is 9.74. The summed E-state index contributed by atoms with van der Waals surface area (Å²) in [5.74, 6) is 2.33. The summed E-state index contributed by atoms with van der Waals surface area (Å²) in [6.07, 6.45) is 10.8. The second-order valence-corrected chi connectivity index (χ2v) is 9.15. The Morgan fingerprint density at radius 2 is 1.83 bits per heavy atom. The molecule has 0 aromatic carbocycles. The van der Waals surface area contributed by atoms with Crippen LogP contribution in [0.4, 0.5) is 0 Å². The molecule has 0 saturated heterocycles. The van der Waals surface area contributed by atoms with Crippen LogP contribution >= 0.6 is 0 Å². The summed E-state index contributed by atoms with van der Waals surface area (Å²) in [5, 5.41) is 0. The van der Waals surface area contributed by atoms with Crippen molar-refractivity contribution in [1.29, 1.82) is 0 Å². The summed E-state index contributed by atoms with van der Waals surface area (Å²) in [6, 6.07) is 0. The van der Waals surface area contributed by atoms with Gasteiger partial charge in [0.05, 0.1) is 0 Å². The summed E-state index contributed by atoms with van der Waals surface area (Å²) < 4.78 is 5.50. The van der Waals surface area contributed by atoms with E-state index in [0.717, 1.165) is 44.9 Å². The van der Waals surface area contributed by atoms with Crippen LogP contribution in [-0.2, 0) is 14.3 Å². The molecule has 132 valence electrons. The lowest BCUT2D eigenvalue weighted by Gasteiger charge is -2.56. The van der Waals surface area contributed by atoms with Crippen LogP contribution in [0.25, 0.3) is 0 Å². The fraction of sp³-hybridized carbons (Fsp3) is 0.810. The molecule has 0 spiro atoms. The fourth-order valence-electron chi connectivity index (χ4n) is 6.73. The number of carbonyl (C=O) groups is 2. The minimum absolute atomic E-state index is 0.0438. The molecule has 3 heteroatoms. The van der Waals surface area contributed by atoms with E-state index in [4.69, 9.17) is 4.74 Å². The highest BCUT2D eigenvalue weighted by Crippen LogP contribution is 2.64. The summed E-state index contributed by atoms with van der Waals surface area (Å²) in [5.41, 5.74) is 1.74. The zero-order valence-corrected chi connectivity index (χ0v) is 15.3. The predicted molar refractivity (Wildman–Crippen MR) is 92.3 cm³/mol. The van der Waals surface area contributed by atoms with Crippen LogP contribution < -0.4 is 0 Å². The van der Waals surface area contributed by atoms with Gasteiger partial charge in [0, 0.05) is 25.2 Å². The van der Waals surface area contributed by atoms with Crippen molar-refractivity contribution in [2.75, 3.05) is 0 Å². The number of ketones is 1. The minimum Gasteiger partial charge on any atom is -0.462 e.